The summed E-state index contributed by atoms with van der Waals surface area (Å²) in [7, 11) is 1.99. The van der Waals surface area contributed by atoms with E-state index in [0.717, 1.165) is 12.3 Å². The third kappa shape index (κ3) is 7.41. The lowest BCUT2D eigenvalue weighted by molar-refractivity contribution is -0.152. The number of carbonyl (C=O) groups is 2. The van der Waals surface area contributed by atoms with E-state index in [4.69, 9.17) is 23.7 Å². The predicted molar refractivity (Wildman–Crippen MR) is 123 cm³/mol. The van der Waals surface area contributed by atoms with Gasteiger partial charge in [-0.3, -0.25) is 4.79 Å². The highest BCUT2D eigenvalue weighted by Gasteiger charge is 2.17. The maximum absolute atomic E-state index is 12.8. The summed E-state index contributed by atoms with van der Waals surface area (Å²) in [6.45, 7) is 0.569. The fraction of sp³-hybridized carbons (Fsp3) is 0.304. The molecule has 0 N–H and O–H groups in total. The fourth-order valence-corrected chi connectivity index (χ4v) is 3.94. The van der Waals surface area contributed by atoms with Crippen LogP contribution in [0.2, 0.25) is 0 Å². The van der Waals surface area contributed by atoms with Crippen LogP contribution in [0.5, 0.6) is 28.7 Å². The number of ether oxygens (including phenoxy) is 6. The Morgan fingerprint density at radius 2 is 1.47 bits per heavy atom. The minimum Gasteiger partial charge on any atom is -0.496 e. The third-order valence-corrected chi connectivity index (χ3v) is 5.69. The van der Waals surface area contributed by atoms with E-state index in [0.29, 0.717) is 28.4 Å². The number of sulfone groups is 1. The molecule has 0 radical (unpaired) electrons. The molecule has 0 heterocycles. The van der Waals surface area contributed by atoms with Gasteiger partial charge in [0.2, 0.25) is 0 Å². The van der Waals surface area contributed by atoms with E-state index in [-0.39, 0.29) is 17.3 Å². The van der Waals surface area contributed by atoms with Gasteiger partial charge < -0.3 is 28.4 Å². The standard InChI is InChI=1S/C23H26O10S/c1-15(24)32-13-23(25)33-22-10-16(6-7-19(22)29-3)14-34(26,27)9-8-18-20(30-4)11-17(28-2)12-21(18)31-5/h6-12H,13-14H2,1-5H3/b9-8+. The molecule has 0 unspecified atom stereocenters. The highest BCUT2D eigenvalue weighted by atomic mass is 32.2. The summed E-state index contributed by atoms with van der Waals surface area (Å²) in [6.07, 6.45) is 1.37. The van der Waals surface area contributed by atoms with Crippen LogP contribution in [0, 0.1) is 0 Å². The topological polar surface area (TPSA) is 124 Å². The van der Waals surface area contributed by atoms with Gasteiger partial charge in [0.1, 0.15) is 17.2 Å². The highest BCUT2D eigenvalue weighted by Crippen LogP contribution is 2.35. The molecule has 0 fully saturated rings. The third-order valence-electron chi connectivity index (χ3n) is 4.41. The van der Waals surface area contributed by atoms with Gasteiger partial charge in [-0.25, -0.2) is 13.2 Å². The number of methoxy groups -OCH3 is 4. The molecule has 0 atom stereocenters. The van der Waals surface area contributed by atoms with E-state index in [2.05, 4.69) is 4.74 Å². The summed E-state index contributed by atoms with van der Waals surface area (Å²) >= 11 is 0. The van der Waals surface area contributed by atoms with Crippen molar-refractivity contribution in [3.8, 4) is 28.7 Å². The zero-order chi connectivity index (χ0) is 25.3. The summed E-state index contributed by atoms with van der Waals surface area (Å²) in [4.78, 5) is 22.8. The first-order chi connectivity index (χ1) is 16.1. The van der Waals surface area contributed by atoms with Crippen LogP contribution in [0.15, 0.2) is 35.7 Å². The van der Waals surface area contributed by atoms with E-state index in [9.17, 15) is 18.0 Å². The summed E-state index contributed by atoms with van der Waals surface area (Å²) in [6, 6.07) is 7.58. The number of hydrogen-bond donors (Lipinski definition) is 0. The average Bonchev–Trinajstić information content (AvgIpc) is 2.80. The summed E-state index contributed by atoms with van der Waals surface area (Å²) in [5.74, 6) is -0.433. The van der Waals surface area contributed by atoms with Crippen LogP contribution >= 0.6 is 0 Å². The lowest BCUT2D eigenvalue weighted by Gasteiger charge is -2.13. The second-order valence-electron chi connectivity index (χ2n) is 6.80. The van der Waals surface area contributed by atoms with Crippen LogP contribution in [0.1, 0.15) is 18.1 Å². The molecule has 0 saturated heterocycles. The molecule has 0 aliphatic heterocycles. The van der Waals surface area contributed by atoms with Crippen molar-refractivity contribution in [1.29, 1.82) is 0 Å². The monoisotopic (exact) mass is 494 g/mol. The van der Waals surface area contributed by atoms with Crippen LogP contribution in [-0.2, 0) is 29.9 Å². The van der Waals surface area contributed by atoms with Crippen molar-refractivity contribution in [3.63, 3.8) is 0 Å². The van der Waals surface area contributed by atoms with E-state index in [1.54, 1.807) is 12.1 Å². The van der Waals surface area contributed by atoms with Crippen molar-refractivity contribution < 1.29 is 46.4 Å². The van der Waals surface area contributed by atoms with Crippen LogP contribution in [0.4, 0.5) is 0 Å². The van der Waals surface area contributed by atoms with Gasteiger partial charge in [-0.2, -0.15) is 0 Å². The molecule has 2 aromatic rings. The number of hydrogen-bond acceptors (Lipinski definition) is 10. The molecule has 0 aliphatic rings. The minimum absolute atomic E-state index is 0.00479. The molecule has 0 aliphatic carbocycles. The zero-order valence-corrected chi connectivity index (χ0v) is 20.3. The molecule has 34 heavy (non-hydrogen) atoms. The van der Waals surface area contributed by atoms with Crippen molar-refractivity contribution in [3.05, 3.63) is 46.9 Å². The Kier molecular flexibility index (Phi) is 9.31. The first-order valence-electron chi connectivity index (χ1n) is 9.84. The lowest BCUT2D eigenvalue weighted by atomic mass is 10.1. The van der Waals surface area contributed by atoms with Crippen LogP contribution in [0.3, 0.4) is 0 Å². The molecule has 2 rings (SSSR count). The molecule has 0 saturated carbocycles. The fourth-order valence-electron chi connectivity index (χ4n) is 2.85. The van der Waals surface area contributed by atoms with Crippen molar-refractivity contribution in [2.45, 2.75) is 12.7 Å². The van der Waals surface area contributed by atoms with E-state index in [1.807, 2.05) is 0 Å². The normalized spacial score (nSPS) is 11.1. The Hall–Kier alpha value is -3.73. The largest absolute Gasteiger partial charge is 0.496 e. The smallest absolute Gasteiger partial charge is 0.349 e. The molecule has 184 valence electrons. The van der Waals surface area contributed by atoms with E-state index in [1.165, 1.54) is 52.7 Å². The maximum atomic E-state index is 12.8. The first kappa shape index (κ1) is 26.5. The number of esters is 2. The molecule has 0 aromatic heterocycles. The van der Waals surface area contributed by atoms with Gasteiger partial charge in [0.05, 0.1) is 39.8 Å². The quantitative estimate of drug-likeness (QED) is 0.340. The van der Waals surface area contributed by atoms with E-state index >= 15 is 0 Å². The van der Waals surface area contributed by atoms with Crippen molar-refractivity contribution in [2.24, 2.45) is 0 Å². The SMILES string of the molecule is COc1cc(OC)c(/C=C/S(=O)(=O)Cc2ccc(OC)c(OC(=O)COC(C)=O)c2)c(OC)c1. The van der Waals surface area contributed by atoms with Crippen molar-refractivity contribution in [1.82, 2.24) is 0 Å². The Balaban J connectivity index is 2.27. The highest BCUT2D eigenvalue weighted by molar-refractivity contribution is 7.93. The van der Waals surface area contributed by atoms with Gasteiger partial charge in [0.15, 0.2) is 27.9 Å². The molecule has 0 amide bonds. The summed E-state index contributed by atoms with van der Waals surface area (Å²) < 4.78 is 56.3. The second-order valence-corrected chi connectivity index (χ2v) is 8.68. The second kappa shape index (κ2) is 11.9. The van der Waals surface area contributed by atoms with Gasteiger partial charge in [-0.05, 0) is 23.8 Å². The van der Waals surface area contributed by atoms with Crippen LogP contribution in [-0.4, -0.2) is 55.4 Å². The van der Waals surface area contributed by atoms with Gasteiger partial charge in [-0.1, -0.05) is 6.07 Å². The Labute approximate surface area is 197 Å². The molecular formula is C23H26O10S. The summed E-state index contributed by atoms with van der Waals surface area (Å²) in [5, 5.41) is 1.04. The lowest BCUT2D eigenvalue weighted by Crippen LogP contribution is -2.18. The Morgan fingerprint density at radius 3 is 2.00 bits per heavy atom. The van der Waals surface area contributed by atoms with Gasteiger partial charge >= 0.3 is 11.9 Å². The minimum atomic E-state index is -3.76. The molecular weight excluding hydrogens is 468 g/mol. The molecule has 0 bridgehead atoms. The maximum Gasteiger partial charge on any atom is 0.349 e. The molecule has 2 aromatic carbocycles. The van der Waals surface area contributed by atoms with Gasteiger partial charge in [-0.15, -0.1) is 0 Å². The van der Waals surface area contributed by atoms with Crippen LogP contribution < -0.4 is 23.7 Å². The summed E-state index contributed by atoms with van der Waals surface area (Å²) in [5.41, 5.74) is 0.763. The number of rotatable bonds is 11. The van der Waals surface area contributed by atoms with Gasteiger partial charge in [0.25, 0.3) is 0 Å². The zero-order valence-electron chi connectivity index (χ0n) is 19.4. The van der Waals surface area contributed by atoms with Crippen molar-refractivity contribution in [2.75, 3.05) is 35.0 Å². The molecule has 11 heteroatoms. The number of benzene rings is 2. The predicted octanol–water partition coefficient (Wildman–Crippen LogP) is 2.78. The molecule has 0 spiro atoms. The van der Waals surface area contributed by atoms with Crippen LogP contribution in [0.25, 0.3) is 6.08 Å². The Bertz CT molecular complexity index is 1140. The molecule has 10 nitrogen and oxygen atoms in total. The van der Waals surface area contributed by atoms with Crippen molar-refractivity contribution >= 4 is 27.9 Å². The number of carbonyl (C=O) groups excluding carboxylic acids is 2. The first-order valence-corrected chi connectivity index (χ1v) is 11.6. The average molecular weight is 495 g/mol. The van der Waals surface area contributed by atoms with E-state index < -0.39 is 28.4 Å². The van der Waals surface area contributed by atoms with Gasteiger partial charge in [0, 0.05) is 24.5 Å². The Morgan fingerprint density at radius 1 is 0.853 bits per heavy atom.